The minimum absolute atomic E-state index is 0.729. The third-order valence-electron chi connectivity index (χ3n) is 1.14. The van der Waals surface area contributed by atoms with Crippen LogP contribution in [-0.2, 0) is 9.47 Å². The zero-order valence-electron chi connectivity index (χ0n) is 7.14. The highest BCUT2D eigenvalue weighted by molar-refractivity contribution is 9.09. The highest BCUT2D eigenvalue weighted by Gasteiger charge is 1.87. The van der Waals surface area contributed by atoms with E-state index in [4.69, 9.17) is 9.47 Å². The largest absolute Gasteiger partial charge is 0.379 e. The normalized spacial score (nSPS) is 10.4. The van der Waals surface area contributed by atoms with E-state index >= 15 is 0 Å². The fraction of sp³-hybridized carbons (Fsp3) is 1.00. The summed E-state index contributed by atoms with van der Waals surface area (Å²) in [6.45, 7) is 5.25. The van der Waals surface area contributed by atoms with Gasteiger partial charge in [-0.25, -0.2) is 0 Å². The van der Waals surface area contributed by atoms with Crippen LogP contribution < -0.4 is 0 Å². The molecule has 0 aromatic rings. The number of ether oxygens (including phenoxy) is 2. The molecular weight excluding hydrogens is 208 g/mol. The molecule has 0 spiro atoms. The van der Waals surface area contributed by atoms with Crippen molar-refractivity contribution < 1.29 is 9.47 Å². The zero-order chi connectivity index (χ0) is 8.36. The predicted octanol–water partition coefficient (Wildman–Crippen LogP) is 2.21. The van der Waals surface area contributed by atoms with E-state index in [0.29, 0.717) is 0 Å². The average molecular weight is 225 g/mol. The second-order valence-electron chi connectivity index (χ2n) is 2.27. The molecule has 0 aromatic carbocycles. The molecule has 0 amide bonds. The molecule has 0 rings (SSSR count). The van der Waals surface area contributed by atoms with Crippen LogP contribution in [0.2, 0.25) is 0 Å². The van der Waals surface area contributed by atoms with Crippen LogP contribution in [-0.4, -0.2) is 31.8 Å². The first-order valence-corrected chi connectivity index (χ1v) is 5.25. The summed E-state index contributed by atoms with van der Waals surface area (Å²) in [6.07, 6.45) is 2.16. The van der Waals surface area contributed by atoms with Crippen molar-refractivity contribution in [3.63, 3.8) is 0 Å². The molecule has 0 saturated heterocycles. The van der Waals surface area contributed by atoms with Crippen molar-refractivity contribution in [2.45, 2.75) is 19.8 Å². The van der Waals surface area contributed by atoms with Crippen LogP contribution >= 0.6 is 15.9 Å². The quantitative estimate of drug-likeness (QED) is 0.465. The van der Waals surface area contributed by atoms with Crippen molar-refractivity contribution in [2.75, 3.05) is 31.8 Å². The zero-order valence-corrected chi connectivity index (χ0v) is 8.73. The lowest BCUT2D eigenvalue weighted by Crippen LogP contribution is -2.05. The maximum atomic E-state index is 5.27. The first-order chi connectivity index (χ1) is 5.41. The molecule has 0 bridgehead atoms. The van der Waals surface area contributed by atoms with E-state index in [1.165, 1.54) is 0 Å². The fourth-order valence-electron chi connectivity index (χ4n) is 0.623. The van der Waals surface area contributed by atoms with Gasteiger partial charge in [0.1, 0.15) is 0 Å². The van der Waals surface area contributed by atoms with Gasteiger partial charge in [-0.1, -0.05) is 22.9 Å². The van der Waals surface area contributed by atoms with Crippen molar-refractivity contribution in [1.82, 2.24) is 0 Å². The Morgan fingerprint density at radius 3 is 2.18 bits per heavy atom. The molecular formula is C8H17BrO2. The lowest BCUT2D eigenvalue weighted by Gasteiger charge is -2.02. The molecule has 11 heavy (non-hydrogen) atoms. The summed E-state index contributed by atoms with van der Waals surface area (Å²) in [4.78, 5) is 0. The van der Waals surface area contributed by atoms with Crippen LogP contribution in [0.15, 0.2) is 0 Å². The first kappa shape index (κ1) is 11.4. The summed E-state index contributed by atoms with van der Waals surface area (Å²) in [6, 6.07) is 0. The number of hydrogen-bond acceptors (Lipinski definition) is 2. The molecule has 0 unspecified atom stereocenters. The summed E-state index contributed by atoms with van der Waals surface area (Å²) in [5.74, 6) is 0. The monoisotopic (exact) mass is 224 g/mol. The Kier molecular flexibility index (Phi) is 10.8. The second-order valence-corrected chi connectivity index (χ2v) is 3.06. The lowest BCUT2D eigenvalue weighted by atomic mass is 10.5. The Labute approximate surface area is 77.4 Å². The highest BCUT2D eigenvalue weighted by Crippen LogP contribution is 1.88. The van der Waals surface area contributed by atoms with E-state index in [-0.39, 0.29) is 0 Å². The van der Waals surface area contributed by atoms with Crippen LogP contribution in [0.4, 0.5) is 0 Å². The second kappa shape index (κ2) is 10.4. The summed E-state index contributed by atoms with van der Waals surface area (Å²) in [5, 5.41) is 1.02. The third kappa shape index (κ3) is 10.4. The van der Waals surface area contributed by atoms with Gasteiger partial charge in [-0.2, -0.15) is 0 Å². The van der Waals surface area contributed by atoms with Gasteiger partial charge >= 0.3 is 0 Å². The molecule has 2 nitrogen and oxygen atoms in total. The maximum absolute atomic E-state index is 5.27. The molecule has 68 valence electrons. The molecule has 0 aliphatic carbocycles. The fourth-order valence-corrected chi connectivity index (χ4v) is 0.852. The van der Waals surface area contributed by atoms with Crippen molar-refractivity contribution in [3.05, 3.63) is 0 Å². The third-order valence-corrected chi connectivity index (χ3v) is 1.70. The SMILES string of the molecule is CCCOCCOCCCBr. The number of hydrogen-bond donors (Lipinski definition) is 0. The van der Waals surface area contributed by atoms with E-state index in [1.54, 1.807) is 0 Å². The van der Waals surface area contributed by atoms with E-state index in [2.05, 4.69) is 22.9 Å². The van der Waals surface area contributed by atoms with Crippen LogP contribution in [0.1, 0.15) is 19.8 Å². The Hall–Kier alpha value is 0.400. The van der Waals surface area contributed by atoms with E-state index in [9.17, 15) is 0 Å². The molecule has 0 aliphatic heterocycles. The lowest BCUT2D eigenvalue weighted by molar-refractivity contribution is 0.0486. The Balaban J connectivity index is 2.69. The Bertz CT molecular complexity index is 61.1. The average Bonchev–Trinajstić information content (AvgIpc) is 2.03. The summed E-state index contributed by atoms with van der Waals surface area (Å²) < 4.78 is 10.5. The van der Waals surface area contributed by atoms with Crippen molar-refractivity contribution in [2.24, 2.45) is 0 Å². The Morgan fingerprint density at radius 2 is 1.64 bits per heavy atom. The van der Waals surface area contributed by atoms with Crippen molar-refractivity contribution >= 4 is 15.9 Å². The van der Waals surface area contributed by atoms with Gasteiger partial charge in [-0.3, -0.25) is 0 Å². The Morgan fingerprint density at radius 1 is 1.00 bits per heavy atom. The van der Waals surface area contributed by atoms with Crippen LogP contribution in [0.25, 0.3) is 0 Å². The highest BCUT2D eigenvalue weighted by atomic mass is 79.9. The molecule has 0 atom stereocenters. The van der Waals surface area contributed by atoms with Gasteiger partial charge in [0.05, 0.1) is 13.2 Å². The summed E-state index contributed by atoms with van der Waals surface area (Å²) >= 11 is 3.33. The van der Waals surface area contributed by atoms with Crippen molar-refractivity contribution in [1.29, 1.82) is 0 Å². The minimum atomic E-state index is 0.729. The van der Waals surface area contributed by atoms with Gasteiger partial charge in [0.2, 0.25) is 0 Å². The smallest absolute Gasteiger partial charge is 0.0700 e. The summed E-state index contributed by atoms with van der Waals surface area (Å²) in [7, 11) is 0. The van der Waals surface area contributed by atoms with Crippen molar-refractivity contribution in [3.8, 4) is 0 Å². The summed E-state index contributed by atoms with van der Waals surface area (Å²) in [5.41, 5.74) is 0. The van der Waals surface area contributed by atoms with Gasteiger partial charge in [0, 0.05) is 18.5 Å². The van der Waals surface area contributed by atoms with Gasteiger partial charge in [0.15, 0.2) is 0 Å². The number of rotatable bonds is 8. The van der Waals surface area contributed by atoms with Crippen LogP contribution in [0.3, 0.4) is 0 Å². The van der Waals surface area contributed by atoms with E-state index in [0.717, 1.165) is 44.6 Å². The van der Waals surface area contributed by atoms with Gasteiger partial charge in [-0.05, 0) is 12.8 Å². The molecule has 0 heterocycles. The van der Waals surface area contributed by atoms with Gasteiger partial charge < -0.3 is 9.47 Å². The van der Waals surface area contributed by atoms with Crippen LogP contribution in [0.5, 0.6) is 0 Å². The first-order valence-electron chi connectivity index (χ1n) is 4.13. The van der Waals surface area contributed by atoms with Crippen LogP contribution in [0, 0.1) is 0 Å². The molecule has 0 aromatic heterocycles. The molecule has 3 heteroatoms. The number of alkyl halides is 1. The molecule has 0 saturated carbocycles. The predicted molar refractivity (Wildman–Crippen MR) is 50.3 cm³/mol. The molecule has 0 radical (unpaired) electrons. The standard InChI is InChI=1S/C8H17BrO2/c1-2-5-10-7-8-11-6-3-4-9/h2-8H2,1H3. The van der Waals surface area contributed by atoms with E-state index < -0.39 is 0 Å². The topological polar surface area (TPSA) is 18.5 Å². The molecule has 0 fully saturated rings. The molecule has 0 N–H and O–H groups in total. The molecule has 0 aliphatic rings. The minimum Gasteiger partial charge on any atom is -0.379 e. The van der Waals surface area contributed by atoms with E-state index in [1.807, 2.05) is 0 Å². The number of halogens is 1. The maximum Gasteiger partial charge on any atom is 0.0700 e. The van der Waals surface area contributed by atoms with Gasteiger partial charge in [0.25, 0.3) is 0 Å². The van der Waals surface area contributed by atoms with Gasteiger partial charge in [-0.15, -0.1) is 0 Å².